The topological polar surface area (TPSA) is 83.6 Å². The maximum atomic E-state index is 11.8. The van der Waals surface area contributed by atoms with E-state index in [2.05, 4.69) is 25.3 Å². The molecule has 0 saturated heterocycles. The molecule has 2 heterocycles. The van der Waals surface area contributed by atoms with Crippen molar-refractivity contribution in [3.8, 4) is 0 Å². The SMILES string of the molecule is CCCC(C)C(=O)Nc1nc(Cl)c2[nH]cnc2n1. The molecule has 1 unspecified atom stereocenters. The fraction of sp³-hybridized carbons (Fsp3) is 0.455. The monoisotopic (exact) mass is 267 g/mol. The van der Waals surface area contributed by atoms with E-state index in [1.807, 2.05) is 13.8 Å². The summed E-state index contributed by atoms with van der Waals surface area (Å²) in [6.07, 6.45) is 3.26. The van der Waals surface area contributed by atoms with Crippen LogP contribution in [0.5, 0.6) is 0 Å². The fourth-order valence-corrected chi connectivity index (χ4v) is 1.87. The van der Waals surface area contributed by atoms with Crippen LogP contribution in [-0.4, -0.2) is 25.8 Å². The zero-order chi connectivity index (χ0) is 13.1. The maximum Gasteiger partial charge on any atom is 0.233 e. The highest BCUT2D eigenvalue weighted by Gasteiger charge is 2.15. The van der Waals surface area contributed by atoms with Crippen LogP contribution in [0.4, 0.5) is 5.95 Å². The van der Waals surface area contributed by atoms with E-state index in [0.29, 0.717) is 11.2 Å². The molecule has 0 aromatic carbocycles. The number of anilines is 1. The lowest BCUT2D eigenvalue weighted by molar-refractivity contribution is -0.119. The van der Waals surface area contributed by atoms with Crippen LogP contribution in [0.15, 0.2) is 6.33 Å². The van der Waals surface area contributed by atoms with E-state index in [1.165, 1.54) is 6.33 Å². The van der Waals surface area contributed by atoms with Gasteiger partial charge in [-0.15, -0.1) is 0 Å². The number of nitrogens with one attached hydrogen (secondary N) is 2. The minimum atomic E-state index is -0.109. The number of carbonyl (C=O) groups excluding carboxylic acids is 1. The molecule has 2 rings (SSSR count). The average Bonchev–Trinajstić information content (AvgIpc) is 2.77. The van der Waals surface area contributed by atoms with Crippen LogP contribution in [0.25, 0.3) is 11.2 Å². The van der Waals surface area contributed by atoms with Gasteiger partial charge in [0.05, 0.1) is 6.33 Å². The number of carbonyl (C=O) groups is 1. The van der Waals surface area contributed by atoms with E-state index in [9.17, 15) is 4.79 Å². The van der Waals surface area contributed by atoms with Crippen molar-refractivity contribution in [1.29, 1.82) is 0 Å². The molecule has 0 aliphatic heterocycles. The van der Waals surface area contributed by atoms with Gasteiger partial charge in [0.1, 0.15) is 5.52 Å². The fourth-order valence-electron chi connectivity index (χ4n) is 1.65. The molecule has 0 spiro atoms. The van der Waals surface area contributed by atoms with E-state index < -0.39 is 0 Å². The van der Waals surface area contributed by atoms with Crippen molar-refractivity contribution in [3.63, 3.8) is 0 Å². The summed E-state index contributed by atoms with van der Waals surface area (Å²) < 4.78 is 0. The minimum Gasteiger partial charge on any atom is -0.341 e. The summed E-state index contributed by atoms with van der Waals surface area (Å²) in [5.74, 6) is 0.00242. The number of nitrogens with zero attached hydrogens (tertiary/aromatic N) is 3. The maximum absolute atomic E-state index is 11.8. The van der Waals surface area contributed by atoms with Gasteiger partial charge in [-0.05, 0) is 6.42 Å². The number of aromatic amines is 1. The van der Waals surface area contributed by atoms with Gasteiger partial charge in [-0.2, -0.15) is 9.97 Å². The van der Waals surface area contributed by atoms with Crippen molar-refractivity contribution in [1.82, 2.24) is 19.9 Å². The van der Waals surface area contributed by atoms with Crippen LogP contribution in [-0.2, 0) is 4.79 Å². The molecular weight excluding hydrogens is 254 g/mol. The molecule has 96 valence electrons. The van der Waals surface area contributed by atoms with Gasteiger partial charge in [0.2, 0.25) is 11.9 Å². The summed E-state index contributed by atoms with van der Waals surface area (Å²) in [6, 6.07) is 0. The van der Waals surface area contributed by atoms with E-state index >= 15 is 0 Å². The normalized spacial score (nSPS) is 12.6. The Kier molecular flexibility index (Phi) is 3.76. The van der Waals surface area contributed by atoms with E-state index in [4.69, 9.17) is 11.6 Å². The predicted molar refractivity (Wildman–Crippen MR) is 69.4 cm³/mol. The molecule has 2 aromatic heterocycles. The summed E-state index contributed by atoms with van der Waals surface area (Å²) >= 11 is 5.95. The number of imidazole rings is 1. The van der Waals surface area contributed by atoms with Crippen LogP contribution < -0.4 is 5.32 Å². The van der Waals surface area contributed by atoms with E-state index in [0.717, 1.165) is 12.8 Å². The molecule has 2 N–H and O–H groups in total. The first-order valence-electron chi connectivity index (χ1n) is 5.79. The zero-order valence-electron chi connectivity index (χ0n) is 10.2. The second-order valence-electron chi connectivity index (χ2n) is 4.12. The second kappa shape index (κ2) is 5.30. The van der Waals surface area contributed by atoms with Crippen molar-refractivity contribution < 1.29 is 4.79 Å². The van der Waals surface area contributed by atoms with Crippen molar-refractivity contribution >= 4 is 34.6 Å². The number of amides is 1. The van der Waals surface area contributed by atoms with Gasteiger partial charge < -0.3 is 4.98 Å². The summed E-state index contributed by atoms with van der Waals surface area (Å²) in [5, 5.41) is 2.90. The summed E-state index contributed by atoms with van der Waals surface area (Å²) in [4.78, 5) is 26.8. The molecule has 0 aliphatic carbocycles. The minimum absolute atomic E-state index is 0.0766. The molecule has 18 heavy (non-hydrogen) atoms. The highest BCUT2D eigenvalue weighted by molar-refractivity contribution is 6.33. The molecule has 0 aliphatic rings. The average molecular weight is 268 g/mol. The molecule has 6 nitrogen and oxygen atoms in total. The largest absolute Gasteiger partial charge is 0.341 e. The number of halogens is 1. The van der Waals surface area contributed by atoms with Crippen LogP contribution in [0.1, 0.15) is 26.7 Å². The molecule has 0 fully saturated rings. The highest BCUT2D eigenvalue weighted by atomic mass is 35.5. The predicted octanol–water partition coefficient (Wildman–Crippen LogP) is 2.38. The van der Waals surface area contributed by atoms with Crippen molar-refractivity contribution in [2.45, 2.75) is 26.7 Å². The van der Waals surface area contributed by atoms with Gasteiger partial charge in [-0.3, -0.25) is 10.1 Å². The van der Waals surface area contributed by atoms with E-state index in [1.54, 1.807) is 0 Å². The number of hydrogen-bond donors (Lipinski definition) is 2. The number of hydrogen-bond acceptors (Lipinski definition) is 4. The molecule has 7 heteroatoms. The Morgan fingerprint density at radius 3 is 3.06 bits per heavy atom. The Bertz CT molecular complexity index is 568. The standard InChI is InChI=1S/C11H14ClN5O/c1-3-4-6(2)10(18)17-11-15-8(12)7-9(16-11)14-5-13-7/h5-6H,3-4H2,1-2H3,(H2,13,14,15,16,17,18). The third-order valence-electron chi connectivity index (χ3n) is 2.65. The molecule has 1 atom stereocenters. The number of fused-ring (bicyclic) bond motifs is 1. The van der Waals surface area contributed by atoms with Gasteiger partial charge in [0.15, 0.2) is 10.8 Å². The third-order valence-corrected chi connectivity index (χ3v) is 2.92. The first kappa shape index (κ1) is 12.8. The lowest BCUT2D eigenvalue weighted by Gasteiger charge is -2.09. The molecule has 1 amide bonds. The van der Waals surface area contributed by atoms with Gasteiger partial charge in [0, 0.05) is 5.92 Å². The lowest BCUT2D eigenvalue weighted by Crippen LogP contribution is -2.21. The van der Waals surface area contributed by atoms with E-state index in [-0.39, 0.29) is 22.9 Å². The number of rotatable bonds is 4. The Balaban J connectivity index is 2.19. The van der Waals surface area contributed by atoms with Crippen LogP contribution in [0.2, 0.25) is 5.15 Å². The van der Waals surface area contributed by atoms with Crippen molar-refractivity contribution in [3.05, 3.63) is 11.5 Å². The number of aromatic nitrogens is 4. The van der Waals surface area contributed by atoms with Gasteiger partial charge in [-0.25, -0.2) is 4.98 Å². The lowest BCUT2D eigenvalue weighted by atomic mass is 10.1. The zero-order valence-corrected chi connectivity index (χ0v) is 11.0. The van der Waals surface area contributed by atoms with Crippen LogP contribution in [0.3, 0.4) is 0 Å². The smallest absolute Gasteiger partial charge is 0.233 e. The molecule has 0 bridgehead atoms. The van der Waals surface area contributed by atoms with Gasteiger partial charge >= 0.3 is 0 Å². The molecule has 0 radical (unpaired) electrons. The summed E-state index contributed by atoms with van der Waals surface area (Å²) in [6.45, 7) is 3.90. The summed E-state index contributed by atoms with van der Waals surface area (Å²) in [7, 11) is 0. The summed E-state index contributed by atoms with van der Waals surface area (Å²) in [5.41, 5.74) is 1.00. The number of H-pyrrole nitrogens is 1. The van der Waals surface area contributed by atoms with Gasteiger partial charge in [0.25, 0.3) is 0 Å². The second-order valence-corrected chi connectivity index (χ2v) is 4.48. The molecule has 2 aromatic rings. The Hall–Kier alpha value is -1.69. The molecular formula is C11H14ClN5O. The Morgan fingerprint density at radius 2 is 2.33 bits per heavy atom. The third kappa shape index (κ3) is 2.59. The first-order chi connectivity index (χ1) is 8.61. The first-order valence-corrected chi connectivity index (χ1v) is 6.17. The van der Waals surface area contributed by atoms with Crippen LogP contribution >= 0.6 is 11.6 Å². The van der Waals surface area contributed by atoms with Crippen molar-refractivity contribution in [2.75, 3.05) is 5.32 Å². The van der Waals surface area contributed by atoms with Gasteiger partial charge in [-0.1, -0.05) is 31.9 Å². The Morgan fingerprint density at radius 1 is 1.56 bits per heavy atom. The quantitative estimate of drug-likeness (QED) is 0.833. The van der Waals surface area contributed by atoms with Crippen molar-refractivity contribution in [2.24, 2.45) is 5.92 Å². The molecule has 0 saturated carbocycles. The highest BCUT2D eigenvalue weighted by Crippen LogP contribution is 2.18. The Labute approximate surface area is 109 Å². The van der Waals surface area contributed by atoms with Crippen LogP contribution in [0, 0.1) is 5.92 Å².